The van der Waals surface area contributed by atoms with Crippen LogP contribution < -0.4 is 5.32 Å². The number of nitriles is 1. The Bertz CT molecular complexity index is 340. The number of hydrogen-bond donors (Lipinski definition) is 1. The van der Waals surface area contributed by atoms with Crippen molar-refractivity contribution >= 4 is 0 Å². The first-order chi connectivity index (χ1) is 8.92. The van der Waals surface area contributed by atoms with Gasteiger partial charge in [0.25, 0.3) is 0 Å². The average Bonchev–Trinajstić information content (AvgIpc) is 3.08. The molecule has 1 heterocycles. The van der Waals surface area contributed by atoms with Crippen LogP contribution in [0.5, 0.6) is 0 Å². The zero-order valence-electron chi connectivity index (χ0n) is 12.8. The maximum atomic E-state index is 9.32. The molecule has 0 amide bonds. The van der Waals surface area contributed by atoms with Crippen LogP contribution in [0.2, 0.25) is 0 Å². The van der Waals surface area contributed by atoms with E-state index in [-0.39, 0.29) is 5.54 Å². The van der Waals surface area contributed by atoms with E-state index in [1.54, 1.807) is 0 Å². The van der Waals surface area contributed by atoms with E-state index in [0.29, 0.717) is 11.5 Å². The van der Waals surface area contributed by atoms with Gasteiger partial charge in [-0.3, -0.25) is 5.32 Å². The highest BCUT2D eigenvalue weighted by molar-refractivity contribution is 5.06. The Labute approximate surface area is 118 Å². The normalized spacial score (nSPS) is 26.0. The van der Waals surface area contributed by atoms with Gasteiger partial charge >= 0.3 is 0 Å². The first-order valence-corrected chi connectivity index (χ1v) is 7.84. The molecule has 3 nitrogen and oxygen atoms in total. The van der Waals surface area contributed by atoms with Gasteiger partial charge < -0.3 is 4.90 Å². The van der Waals surface area contributed by atoms with Crippen molar-refractivity contribution in [2.75, 3.05) is 19.6 Å². The molecule has 1 N–H and O–H groups in total. The van der Waals surface area contributed by atoms with Crippen LogP contribution in [0.1, 0.15) is 59.3 Å². The smallest absolute Gasteiger partial charge is 0.104 e. The zero-order valence-corrected chi connectivity index (χ0v) is 12.8. The van der Waals surface area contributed by atoms with Crippen molar-refractivity contribution in [2.45, 2.75) is 70.9 Å². The second-order valence-electron chi connectivity index (χ2n) is 7.51. The highest BCUT2D eigenvalue weighted by Gasteiger charge is 2.32. The fraction of sp³-hybridized carbons (Fsp3) is 0.938. The van der Waals surface area contributed by atoms with Crippen LogP contribution in [0, 0.1) is 16.7 Å². The summed E-state index contributed by atoms with van der Waals surface area (Å²) in [6, 6.07) is 3.08. The topological polar surface area (TPSA) is 39.1 Å². The molecule has 0 aromatic carbocycles. The van der Waals surface area contributed by atoms with Crippen molar-refractivity contribution < 1.29 is 0 Å². The maximum absolute atomic E-state index is 9.32. The van der Waals surface area contributed by atoms with Gasteiger partial charge in [0.2, 0.25) is 0 Å². The van der Waals surface area contributed by atoms with Crippen LogP contribution in [0.25, 0.3) is 0 Å². The number of hydrogen-bond acceptors (Lipinski definition) is 3. The summed E-state index contributed by atoms with van der Waals surface area (Å²) in [4.78, 5) is 2.58. The van der Waals surface area contributed by atoms with E-state index in [9.17, 15) is 5.26 Å². The molecule has 3 heteroatoms. The summed E-state index contributed by atoms with van der Waals surface area (Å²) in [5.74, 6) is 0. The van der Waals surface area contributed by atoms with Crippen LogP contribution >= 0.6 is 0 Å². The van der Waals surface area contributed by atoms with E-state index in [1.165, 1.54) is 45.3 Å². The molecule has 2 rings (SSSR count). The largest absolute Gasteiger partial charge is 0.303 e. The van der Waals surface area contributed by atoms with Crippen molar-refractivity contribution in [1.82, 2.24) is 10.2 Å². The van der Waals surface area contributed by atoms with Crippen LogP contribution in [0.15, 0.2) is 0 Å². The molecule has 0 radical (unpaired) electrons. The maximum Gasteiger partial charge on any atom is 0.104 e. The number of likely N-dealkylation sites (tertiary alicyclic amines) is 1. The van der Waals surface area contributed by atoms with E-state index in [4.69, 9.17) is 0 Å². The quantitative estimate of drug-likeness (QED) is 0.718. The molecule has 19 heavy (non-hydrogen) atoms. The fourth-order valence-electron chi connectivity index (χ4n) is 3.07. The van der Waals surface area contributed by atoms with Gasteiger partial charge in [0.05, 0.1) is 6.07 Å². The second kappa shape index (κ2) is 5.81. The predicted octanol–water partition coefficient (Wildman–Crippen LogP) is 2.92. The monoisotopic (exact) mass is 263 g/mol. The average molecular weight is 263 g/mol. The van der Waals surface area contributed by atoms with Gasteiger partial charge in [-0.05, 0) is 64.0 Å². The minimum atomic E-state index is -0.300. The summed E-state index contributed by atoms with van der Waals surface area (Å²) < 4.78 is 0. The number of nitrogens with zero attached hydrogens (tertiary/aromatic N) is 2. The van der Waals surface area contributed by atoms with Crippen molar-refractivity contribution in [2.24, 2.45) is 5.41 Å². The number of unbranched alkanes of at least 4 members (excludes halogenated alkanes) is 1. The summed E-state index contributed by atoms with van der Waals surface area (Å²) >= 11 is 0. The Balaban J connectivity index is 1.62. The highest BCUT2D eigenvalue weighted by atomic mass is 15.1. The van der Waals surface area contributed by atoms with Crippen LogP contribution in [0.4, 0.5) is 0 Å². The van der Waals surface area contributed by atoms with Gasteiger partial charge in [0, 0.05) is 12.6 Å². The minimum Gasteiger partial charge on any atom is -0.303 e. The Morgan fingerprint density at radius 1 is 1.37 bits per heavy atom. The highest BCUT2D eigenvalue weighted by Crippen LogP contribution is 2.29. The first-order valence-electron chi connectivity index (χ1n) is 7.84. The standard InChI is InChI=1S/C16H29N3/c1-15(2)9-11-19(13-15)10-5-4-8-16(3,12-17)18-14-6-7-14/h14,18H,4-11,13H2,1-3H3. The van der Waals surface area contributed by atoms with Gasteiger partial charge in [-0.25, -0.2) is 0 Å². The Morgan fingerprint density at radius 2 is 2.11 bits per heavy atom. The minimum absolute atomic E-state index is 0.300. The lowest BCUT2D eigenvalue weighted by atomic mass is 9.93. The Morgan fingerprint density at radius 3 is 2.63 bits per heavy atom. The molecule has 0 spiro atoms. The van der Waals surface area contributed by atoms with Crippen LogP contribution in [0.3, 0.4) is 0 Å². The van der Waals surface area contributed by atoms with E-state index in [0.717, 1.165) is 12.8 Å². The molecule has 0 aromatic rings. The molecule has 2 aliphatic rings. The molecule has 1 saturated carbocycles. The van der Waals surface area contributed by atoms with Gasteiger partial charge in [-0.15, -0.1) is 0 Å². The summed E-state index contributed by atoms with van der Waals surface area (Å²) in [5, 5.41) is 12.8. The van der Waals surface area contributed by atoms with E-state index < -0.39 is 0 Å². The van der Waals surface area contributed by atoms with Crippen molar-refractivity contribution in [3.63, 3.8) is 0 Å². The third kappa shape index (κ3) is 4.78. The van der Waals surface area contributed by atoms with E-state index in [2.05, 4.69) is 37.1 Å². The molecule has 1 unspecified atom stereocenters. The Kier molecular flexibility index (Phi) is 4.53. The van der Waals surface area contributed by atoms with E-state index in [1.807, 2.05) is 0 Å². The van der Waals surface area contributed by atoms with Crippen LogP contribution in [-0.2, 0) is 0 Å². The lowest BCUT2D eigenvalue weighted by Gasteiger charge is -2.24. The third-order valence-corrected chi connectivity index (χ3v) is 4.50. The van der Waals surface area contributed by atoms with E-state index >= 15 is 0 Å². The SMILES string of the molecule is CC1(C)CCN(CCCCC(C)(C#N)NC2CC2)C1. The molecular weight excluding hydrogens is 234 g/mol. The summed E-state index contributed by atoms with van der Waals surface area (Å²) in [6.07, 6.45) is 7.18. The second-order valence-corrected chi connectivity index (χ2v) is 7.51. The molecular formula is C16H29N3. The summed E-state index contributed by atoms with van der Waals surface area (Å²) in [6.45, 7) is 10.5. The lowest BCUT2D eigenvalue weighted by Crippen LogP contribution is -2.42. The fourth-order valence-corrected chi connectivity index (χ4v) is 3.07. The number of rotatable bonds is 7. The third-order valence-electron chi connectivity index (χ3n) is 4.50. The molecule has 0 aromatic heterocycles. The van der Waals surface area contributed by atoms with Crippen molar-refractivity contribution in [3.8, 4) is 6.07 Å². The number of nitrogens with one attached hydrogen (secondary N) is 1. The molecule has 1 aliphatic heterocycles. The van der Waals surface area contributed by atoms with Crippen molar-refractivity contribution in [3.05, 3.63) is 0 Å². The summed E-state index contributed by atoms with van der Waals surface area (Å²) in [7, 11) is 0. The Hall–Kier alpha value is -0.590. The van der Waals surface area contributed by atoms with Crippen molar-refractivity contribution in [1.29, 1.82) is 5.26 Å². The van der Waals surface area contributed by atoms with Gasteiger partial charge in [-0.2, -0.15) is 5.26 Å². The van der Waals surface area contributed by atoms with Crippen LogP contribution in [-0.4, -0.2) is 36.1 Å². The zero-order chi connectivity index (χ0) is 13.9. The molecule has 2 fully saturated rings. The first kappa shape index (κ1) is 14.8. The van der Waals surface area contributed by atoms with Gasteiger partial charge in [-0.1, -0.05) is 13.8 Å². The van der Waals surface area contributed by atoms with Gasteiger partial charge in [0.15, 0.2) is 0 Å². The molecule has 1 atom stereocenters. The molecule has 108 valence electrons. The predicted molar refractivity (Wildman–Crippen MR) is 78.9 cm³/mol. The summed E-state index contributed by atoms with van der Waals surface area (Å²) in [5.41, 5.74) is 0.208. The van der Waals surface area contributed by atoms with Gasteiger partial charge in [0.1, 0.15) is 5.54 Å². The molecule has 1 aliphatic carbocycles. The molecule has 0 bridgehead atoms. The molecule has 1 saturated heterocycles. The lowest BCUT2D eigenvalue weighted by molar-refractivity contribution is 0.279.